The van der Waals surface area contributed by atoms with E-state index in [1.165, 1.54) is 7.11 Å². The maximum atomic E-state index is 11.5. The summed E-state index contributed by atoms with van der Waals surface area (Å²) < 4.78 is 19.0. The number of rotatable bonds is 16. The molecule has 0 aromatic carbocycles. The molecule has 1 aliphatic carbocycles. The van der Waals surface area contributed by atoms with E-state index in [2.05, 4.69) is 92.9 Å². The van der Waals surface area contributed by atoms with Gasteiger partial charge in [-0.3, -0.25) is 4.79 Å². The van der Waals surface area contributed by atoms with E-state index >= 15 is 0 Å². The summed E-state index contributed by atoms with van der Waals surface area (Å²) in [5.74, 6) is 0.310. The van der Waals surface area contributed by atoms with E-state index in [0.717, 1.165) is 51.4 Å². The summed E-state index contributed by atoms with van der Waals surface area (Å²) >= 11 is 0. The van der Waals surface area contributed by atoms with Crippen molar-refractivity contribution in [3.05, 3.63) is 24.3 Å². The number of carbonyl (C=O) groups excluding carboxylic acids is 1. The normalized spacial score (nSPS) is 23.8. The summed E-state index contributed by atoms with van der Waals surface area (Å²) in [6.45, 7) is 25.4. The van der Waals surface area contributed by atoms with E-state index < -0.39 is 22.7 Å². The highest BCUT2D eigenvalue weighted by Gasteiger charge is 2.50. The molecule has 0 bridgehead atoms. The van der Waals surface area contributed by atoms with Crippen molar-refractivity contribution in [3.8, 4) is 0 Å². The van der Waals surface area contributed by atoms with E-state index in [1.807, 2.05) is 6.08 Å². The molecular formula is C33H64O5Si2. The third kappa shape index (κ3) is 11.9. The molecule has 0 aromatic heterocycles. The van der Waals surface area contributed by atoms with E-state index in [0.29, 0.717) is 6.42 Å². The number of hydrogen-bond donors (Lipinski definition) is 1. The lowest BCUT2D eigenvalue weighted by Crippen LogP contribution is -2.45. The molecular weight excluding hydrogens is 533 g/mol. The Labute approximate surface area is 249 Å². The average molecular weight is 597 g/mol. The highest BCUT2D eigenvalue weighted by molar-refractivity contribution is 6.74. The van der Waals surface area contributed by atoms with Crippen LogP contribution < -0.4 is 0 Å². The van der Waals surface area contributed by atoms with Crippen LogP contribution in [-0.2, 0) is 18.4 Å². The predicted octanol–water partition coefficient (Wildman–Crippen LogP) is 9.19. The zero-order valence-corrected chi connectivity index (χ0v) is 30.1. The molecule has 40 heavy (non-hydrogen) atoms. The molecule has 0 amide bonds. The molecule has 5 atom stereocenters. The Morgan fingerprint density at radius 1 is 0.925 bits per heavy atom. The molecule has 0 spiro atoms. The van der Waals surface area contributed by atoms with Gasteiger partial charge in [0.1, 0.15) is 0 Å². The molecule has 1 fully saturated rings. The lowest BCUT2D eigenvalue weighted by atomic mass is 9.89. The van der Waals surface area contributed by atoms with Crippen LogP contribution in [0.1, 0.15) is 106 Å². The van der Waals surface area contributed by atoms with Crippen LogP contribution in [0.4, 0.5) is 0 Å². The maximum Gasteiger partial charge on any atom is 0.305 e. The number of esters is 1. The fraction of sp³-hybridized carbons (Fsp3) is 0.848. The number of ether oxygens (including phenoxy) is 1. The van der Waals surface area contributed by atoms with Crippen LogP contribution in [0, 0.1) is 11.8 Å². The van der Waals surface area contributed by atoms with Gasteiger partial charge in [-0.25, -0.2) is 0 Å². The second-order valence-electron chi connectivity index (χ2n) is 14.9. The number of methoxy groups -OCH3 is 1. The van der Waals surface area contributed by atoms with Crippen molar-refractivity contribution in [1.29, 1.82) is 0 Å². The van der Waals surface area contributed by atoms with Crippen molar-refractivity contribution in [2.24, 2.45) is 11.8 Å². The molecule has 234 valence electrons. The largest absolute Gasteiger partial charge is 0.469 e. The molecule has 1 saturated carbocycles. The van der Waals surface area contributed by atoms with Gasteiger partial charge in [0.05, 0.1) is 25.4 Å². The van der Waals surface area contributed by atoms with E-state index in [-0.39, 0.29) is 40.1 Å². The van der Waals surface area contributed by atoms with Gasteiger partial charge in [-0.15, -0.1) is 0 Å². The van der Waals surface area contributed by atoms with Crippen molar-refractivity contribution < 1.29 is 23.5 Å². The fourth-order valence-corrected chi connectivity index (χ4v) is 7.57. The van der Waals surface area contributed by atoms with Crippen LogP contribution in [-0.4, -0.2) is 53.1 Å². The first-order valence-corrected chi connectivity index (χ1v) is 21.6. The number of hydrogen-bond acceptors (Lipinski definition) is 5. The Morgan fingerprint density at radius 3 is 2.02 bits per heavy atom. The van der Waals surface area contributed by atoms with Gasteiger partial charge in [-0.1, -0.05) is 92.0 Å². The molecule has 0 radical (unpaired) electrons. The summed E-state index contributed by atoms with van der Waals surface area (Å²) in [4.78, 5) is 11.5. The predicted molar refractivity (Wildman–Crippen MR) is 175 cm³/mol. The van der Waals surface area contributed by atoms with Crippen LogP contribution in [0.25, 0.3) is 0 Å². The summed E-state index contributed by atoms with van der Waals surface area (Å²) in [6, 6.07) is 0. The molecule has 0 unspecified atom stereocenters. The second kappa shape index (κ2) is 16.2. The molecule has 5 nitrogen and oxygen atoms in total. The van der Waals surface area contributed by atoms with Gasteiger partial charge in [0.15, 0.2) is 16.6 Å². The summed E-state index contributed by atoms with van der Waals surface area (Å²) in [6.07, 6.45) is 16.6. The SMILES string of the molecule is CCCCC[C@H](O)/C=C/[C@@H]1[C@H](C/C=C\CCCC(=O)OC)[C@@H](O[Si](C)(C)C(C)(C)C)C[C@H]1O[Si](C)(C)C(C)(C)C. The topological polar surface area (TPSA) is 65.0 Å². The van der Waals surface area contributed by atoms with Gasteiger partial charge in [0, 0.05) is 12.3 Å². The van der Waals surface area contributed by atoms with E-state index in [4.69, 9.17) is 13.6 Å². The molecule has 1 N–H and O–H groups in total. The summed E-state index contributed by atoms with van der Waals surface area (Å²) in [5, 5.41) is 11.0. The van der Waals surface area contributed by atoms with Gasteiger partial charge in [-0.05, 0) is 74.3 Å². The molecule has 7 heteroatoms. The summed E-state index contributed by atoms with van der Waals surface area (Å²) in [5.41, 5.74) is 0. The van der Waals surface area contributed by atoms with Gasteiger partial charge in [0.25, 0.3) is 0 Å². The maximum absolute atomic E-state index is 11.5. The minimum Gasteiger partial charge on any atom is -0.469 e. The number of aliphatic hydroxyl groups is 1. The molecule has 0 aliphatic heterocycles. The van der Waals surface area contributed by atoms with Crippen LogP contribution in [0.5, 0.6) is 0 Å². The molecule has 0 heterocycles. The first-order chi connectivity index (χ1) is 18.4. The first kappa shape index (κ1) is 37.3. The third-order valence-corrected chi connectivity index (χ3v) is 18.6. The van der Waals surface area contributed by atoms with Crippen LogP contribution in [0.2, 0.25) is 36.3 Å². The number of allylic oxidation sites excluding steroid dienone is 2. The van der Waals surface area contributed by atoms with Crippen molar-refractivity contribution >= 4 is 22.6 Å². The Morgan fingerprint density at radius 2 is 1.50 bits per heavy atom. The lowest BCUT2D eigenvalue weighted by molar-refractivity contribution is -0.140. The van der Waals surface area contributed by atoms with Gasteiger partial charge in [0.2, 0.25) is 0 Å². The van der Waals surface area contributed by atoms with Gasteiger partial charge in [-0.2, -0.15) is 0 Å². The highest BCUT2D eigenvalue weighted by atomic mass is 28.4. The zero-order chi connectivity index (χ0) is 30.8. The second-order valence-corrected chi connectivity index (χ2v) is 24.4. The van der Waals surface area contributed by atoms with Crippen molar-refractivity contribution in [1.82, 2.24) is 0 Å². The molecule has 1 aliphatic rings. The minimum atomic E-state index is -2.01. The Bertz CT molecular complexity index is 807. The third-order valence-electron chi connectivity index (χ3n) is 9.58. The van der Waals surface area contributed by atoms with Crippen LogP contribution in [0.3, 0.4) is 0 Å². The van der Waals surface area contributed by atoms with E-state index in [1.54, 1.807) is 0 Å². The van der Waals surface area contributed by atoms with Crippen LogP contribution in [0.15, 0.2) is 24.3 Å². The van der Waals surface area contributed by atoms with Crippen molar-refractivity contribution in [3.63, 3.8) is 0 Å². The van der Waals surface area contributed by atoms with E-state index in [9.17, 15) is 9.90 Å². The van der Waals surface area contributed by atoms with Gasteiger partial charge < -0.3 is 18.7 Å². The first-order valence-electron chi connectivity index (χ1n) is 15.8. The zero-order valence-electron chi connectivity index (χ0n) is 28.1. The monoisotopic (exact) mass is 596 g/mol. The molecule has 0 aromatic rings. The standard InChI is InChI=1S/C33H64O5Si2/c1-13-14-17-20-26(34)23-24-28-27(21-18-15-16-19-22-31(35)36-8)29(37-39(9,10)32(2,3)4)25-30(28)38-40(11,12)33(5,6)7/h15,18,23-24,26-30,34H,13-14,16-17,19-22,25H2,1-12H3/b18-15-,24-23+/t26-,27-,28+,29-,30+/m0/s1. The van der Waals surface area contributed by atoms with Crippen molar-refractivity contribution in [2.45, 2.75) is 161 Å². The smallest absolute Gasteiger partial charge is 0.305 e. The quantitative estimate of drug-likeness (QED) is 0.0833. The van der Waals surface area contributed by atoms with Crippen molar-refractivity contribution in [2.75, 3.05) is 7.11 Å². The Balaban J connectivity index is 3.31. The Kier molecular flexibility index (Phi) is 15.1. The minimum absolute atomic E-state index is 0.0764. The molecule has 1 rings (SSSR count). The number of unbranched alkanes of at least 4 members (excludes halogenated alkanes) is 3. The Hall–Kier alpha value is -0.736. The highest BCUT2D eigenvalue weighted by Crippen LogP contribution is 2.47. The fourth-order valence-electron chi connectivity index (χ4n) is 4.83. The van der Waals surface area contributed by atoms with Crippen LogP contribution >= 0.6 is 0 Å². The average Bonchev–Trinajstić information content (AvgIpc) is 3.12. The molecule has 0 saturated heterocycles. The number of aliphatic hydroxyl groups excluding tert-OH is 1. The number of carbonyl (C=O) groups is 1. The van der Waals surface area contributed by atoms with Gasteiger partial charge >= 0.3 is 5.97 Å². The lowest BCUT2D eigenvalue weighted by Gasteiger charge is -2.40. The summed E-state index contributed by atoms with van der Waals surface area (Å²) in [7, 11) is -2.58.